The molecule has 2 atom stereocenters. The highest BCUT2D eigenvalue weighted by atomic mass is 16.5. The van der Waals surface area contributed by atoms with Crippen LogP contribution in [-0.4, -0.2) is 22.5 Å². The first kappa shape index (κ1) is 13.4. The molecular weight excluding hydrogens is 266 g/mol. The molecule has 4 nitrogen and oxygen atoms in total. The van der Waals surface area contributed by atoms with Crippen molar-refractivity contribution in [2.75, 3.05) is 0 Å². The Morgan fingerprint density at radius 1 is 1.10 bits per heavy atom. The van der Waals surface area contributed by atoms with Crippen molar-refractivity contribution >= 4 is 11.9 Å². The summed E-state index contributed by atoms with van der Waals surface area (Å²) < 4.78 is 5.88. The molecule has 1 heterocycles. The molecule has 4 heteroatoms. The van der Waals surface area contributed by atoms with E-state index in [4.69, 9.17) is 4.74 Å². The third-order valence-electron chi connectivity index (χ3n) is 3.63. The summed E-state index contributed by atoms with van der Waals surface area (Å²) in [6.07, 6.45) is -0.633. The van der Waals surface area contributed by atoms with Gasteiger partial charge in [0.1, 0.15) is 0 Å². The number of nitrogens with zero attached hydrogens (tertiary/aromatic N) is 1. The van der Waals surface area contributed by atoms with Crippen molar-refractivity contribution < 1.29 is 14.6 Å². The second-order valence-corrected chi connectivity index (χ2v) is 5.14. The lowest BCUT2D eigenvalue weighted by molar-refractivity contribution is -0.145. The Morgan fingerprint density at radius 2 is 1.67 bits per heavy atom. The quantitative estimate of drug-likeness (QED) is 0.940. The lowest BCUT2D eigenvalue weighted by Crippen LogP contribution is -2.37. The lowest BCUT2D eigenvalue weighted by atomic mass is 9.90. The normalized spacial score (nSPS) is 24.2. The van der Waals surface area contributed by atoms with Crippen molar-refractivity contribution in [2.45, 2.75) is 18.6 Å². The molecule has 106 valence electrons. The van der Waals surface area contributed by atoms with Gasteiger partial charge >= 0.3 is 5.97 Å². The summed E-state index contributed by atoms with van der Waals surface area (Å²) in [5.41, 5.74) is 0.257. The van der Waals surface area contributed by atoms with Gasteiger partial charge in [0, 0.05) is 5.56 Å². The van der Waals surface area contributed by atoms with Crippen LogP contribution in [0.25, 0.3) is 0 Å². The molecule has 1 aliphatic heterocycles. The highest BCUT2D eigenvalue weighted by molar-refractivity contribution is 5.99. The van der Waals surface area contributed by atoms with Gasteiger partial charge < -0.3 is 9.84 Å². The van der Waals surface area contributed by atoms with Crippen LogP contribution in [0.3, 0.4) is 0 Å². The summed E-state index contributed by atoms with van der Waals surface area (Å²) in [7, 11) is 0. The highest BCUT2D eigenvalue weighted by Gasteiger charge is 2.49. The zero-order chi connectivity index (χ0) is 14.9. The minimum absolute atomic E-state index is 0.370. The van der Waals surface area contributed by atoms with Crippen molar-refractivity contribution in [3.63, 3.8) is 0 Å². The first-order valence-electron chi connectivity index (χ1n) is 6.71. The predicted molar refractivity (Wildman–Crippen MR) is 79.3 cm³/mol. The minimum Gasteiger partial charge on any atom is -0.479 e. The molecule has 1 aliphatic rings. The van der Waals surface area contributed by atoms with Gasteiger partial charge in [-0.2, -0.15) is 0 Å². The van der Waals surface area contributed by atoms with Gasteiger partial charge in [-0.3, -0.25) is 0 Å². The van der Waals surface area contributed by atoms with E-state index >= 15 is 0 Å². The fourth-order valence-corrected chi connectivity index (χ4v) is 2.42. The van der Waals surface area contributed by atoms with Crippen LogP contribution in [-0.2, 0) is 9.53 Å². The molecule has 0 spiro atoms. The number of ether oxygens (including phenoxy) is 1. The summed E-state index contributed by atoms with van der Waals surface area (Å²) in [6, 6.07) is 18.7. The van der Waals surface area contributed by atoms with Gasteiger partial charge in [-0.25, -0.2) is 9.79 Å². The van der Waals surface area contributed by atoms with Crippen LogP contribution in [0.4, 0.5) is 0 Å². The molecule has 0 saturated carbocycles. The van der Waals surface area contributed by atoms with Crippen molar-refractivity contribution in [1.29, 1.82) is 0 Å². The van der Waals surface area contributed by atoms with Gasteiger partial charge in [-0.1, -0.05) is 48.5 Å². The molecule has 0 aliphatic carbocycles. The van der Waals surface area contributed by atoms with Gasteiger partial charge in [0.25, 0.3) is 0 Å². The van der Waals surface area contributed by atoms with Gasteiger partial charge in [-0.05, 0) is 24.6 Å². The van der Waals surface area contributed by atoms with E-state index in [1.807, 2.05) is 60.7 Å². The van der Waals surface area contributed by atoms with Gasteiger partial charge in [0.2, 0.25) is 5.90 Å². The molecule has 2 aromatic carbocycles. The van der Waals surface area contributed by atoms with E-state index in [1.54, 1.807) is 6.92 Å². The molecule has 3 rings (SSSR count). The van der Waals surface area contributed by atoms with Crippen LogP contribution < -0.4 is 0 Å². The zero-order valence-corrected chi connectivity index (χ0v) is 11.6. The molecule has 0 amide bonds. The van der Waals surface area contributed by atoms with Gasteiger partial charge in [0.05, 0.1) is 0 Å². The van der Waals surface area contributed by atoms with E-state index in [0.717, 1.165) is 11.1 Å². The Balaban J connectivity index is 2.03. The van der Waals surface area contributed by atoms with Crippen LogP contribution >= 0.6 is 0 Å². The van der Waals surface area contributed by atoms with Crippen LogP contribution in [0.5, 0.6) is 0 Å². The lowest BCUT2D eigenvalue weighted by Gasteiger charge is -2.23. The van der Waals surface area contributed by atoms with Crippen LogP contribution in [0.15, 0.2) is 65.7 Å². The SMILES string of the molecule is C[C@@]1(C(=O)O)N=C(c2ccccc2)O[C@H]1c1ccccc1. The third-order valence-corrected chi connectivity index (χ3v) is 3.63. The number of aliphatic imine (C=N–C) groups is 1. The standard InChI is InChI=1S/C17H15NO3/c1-17(16(19)20)14(12-8-4-2-5-9-12)21-15(18-17)13-10-6-3-7-11-13/h2-11,14H,1H3,(H,19,20)/t14-,17+/m0/s1. The number of benzene rings is 2. The van der Waals surface area contributed by atoms with Crippen molar-refractivity contribution in [3.05, 3.63) is 71.8 Å². The first-order valence-corrected chi connectivity index (χ1v) is 6.71. The van der Waals surface area contributed by atoms with Crippen LogP contribution in [0.2, 0.25) is 0 Å². The highest BCUT2D eigenvalue weighted by Crippen LogP contribution is 2.39. The van der Waals surface area contributed by atoms with Crippen LogP contribution in [0, 0.1) is 0 Å². The van der Waals surface area contributed by atoms with E-state index < -0.39 is 17.6 Å². The maximum absolute atomic E-state index is 11.7. The Bertz CT molecular complexity index is 682. The van der Waals surface area contributed by atoms with E-state index in [1.165, 1.54) is 0 Å². The minimum atomic E-state index is -1.33. The average Bonchev–Trinajstić information content (AvgIpc) is 2.88. The second kappa shape index (κ2) is 5.05. The molecule has 0 unspecified atom stereocenters. The van der Waals surface area contributed by atoms with Gasteiger partial charge in [-0.15, -0.1) is 0 Å². The topological polar surface area (TPSA) is 58.9 Å². The molecule has 0 fully saturated rings. The fourth-order valence-electron chi connectivity index (χ4n) is 2.42. The first-order chi connectivity index (χ1) is 10.1. The molecule has 0 saturated heterocycles. The monoisotopic (exact) mass is 281 g/mol. The molecule has 21 heavy (non-hydrogen) atoms. The Labute approximate surface area is 122 Å². The third kappa shape index (κ3) is 2.29. The number of rotatable bonds is 3. The van der Waals surface area contributed by atoms with E-state index in [-0.39, 0.29) is 0 Å². The number of carboxylic acids is 1. The molecular formula is C17H15NO3. The van der Waals surface area contributed by atoms with Crippen LogP contribution in [0.1, 0.15) is 24.2 Å². The Morgan fingerprint density at radius 3 is 2.24 bits per heavy atom. The van der Waals surface area contributed by atoms with Crippen molar-refractivity contribution in [3.8, 4) is 0 Å². The fraction of sp³-hybridized carbons (Fsp3) is 0.176. The largest absolute Gasteiger partial charge is 0.479 e. The number of hydrogen-bond donors (Lipinski definition) is 1. The molecule has 1 N–H and O–H groups in total. The Kier molecular flexibility index (Phi) is 3.22. The average molecular weight is 281 g/mol. The summed E-state index contributed by atoms with van der Waals surface area (Å²) in [5, 5.41) is 9.58. The van der Waals surface area contributed by atoms with Crippen molar-refractivity contribution in [2.24, 2.45) is 4.99 Å². The maximum atomic E-state index is 11.7. The zero-order valence-electron chi connectivity index (χ0n) is 11.6. The molecule has 0 aromatic heterocycles. The molecule has 0 radical (unpaired) electrons. The maximum Gasteiger partial charge on any atom is 0.335 e. The number of hydrogen-bond acceptors (Lipinski definition) is 3. The summed E-state index contributed by atoms with van der Waals surface area (Å²) >= 11 is 0. The van der Waals surface area contributed by atoms with E-state index in [0.29, 0.717) is 5.90 Å². The summed E-state index contributed by atoms with van der Waals surface area (Å²) in [6.45, 7) is 1.59. The molecule has 2 aromatic rings. The van der Waals surface area contributed by atoms with E-state index in [2.05, 4.69) is 4.99 Å². The molecule has 0 bridgehead atoms. The van der Waals surface area contributed by atoms with Crippen molar-refractivity contribution in [1.82, 2.24) is 0 Å². The number of carboxylic acid groups (broad SMARTS) is 1. The second-order valence-electron chi connectivity index (χ2n) is 5.14. The smallest absolute Gasteiger partial charge is 0.335 e. The predicted octanol–water partition coefficient (Wildman–Crippen LogP) is 3.05. The number of carbonyl (C=O) groups is 1. The number of aliphatic carboxylic acids is 1. The van der Waals surface area contributed by atoms with Gasteiger partial charge in [0.15, 0.2) is 11.6 Å². The van der Waals surface area contributed by atoms with E-state index in [9.17, 15) is 9.90 Å². The summed E-state index contributed by atoms with van der Waals surface area (Å²) in [5.74, 6) is -0.628. The Hall–Kier alpha value is -2.62. The summed E-state index contributed by atoms with van der Waals surface area (Å²) in [4.78, 5) is 16.0.